The van der Waals surface area contributed by atoms with Crippen molar-refractivity contribution in [2.24, 2.45) is 0 Å². The summed E-state index contributed by atoms with van der Waals surface area (Å²) in [5.74, 6) is 0.507. The molecule has 0 atom stereocenters. The molecule has 0 aliphatic heterocycles. The van der Waals surface area contributed by atoms with Crippen LogP contribution in [0.15, 0.2) is 18.5 Å². The van der Waals surface area contributed by atoms with Gasteiger partial charge in [0.1, 0.15) is 5.69 Å². The van der Waals surface area contributed by atoms with E-state index >= 15 is 0 Å². The summed E-state index contributed by atoms with van der Waals surface area (Å²) in [5, 5.41) is 4.00. The van der Waals surface area contributed by atoms with Crippen molar-refractivity contribution in [3.8, 4) is 11.5 Å². The van der Waals surface area contributed by atoms with Crippen LogP contribution in [-0.4, -0.2) is 22.0 Å². The first-order chi connectivity index (χ1) is 8.61. The van der Waals surface area contributed by atoms with Crippen molar-refractivity contribution in [1.29, 1.82) is 0 Å². The van der Waals surface area contributed by atoms with Crippen LogP contribution in [0, 0.1) is 6.92 Å². The van der Waals surface area contributed by atoms with Crippen LogP contribution in [-0.2, 0) is 6.54 Å². The Hall–Kier alpha value is -1.23. The van der Waals surface area contributed by atoms with Gasteiger partial charge in [-0.3, -0.25) is 0 Å². The topological polar surface area (TPSA) is 50.7 Å². The molecule has 0 amide bonds. The zero-order chi connectivity index (χ0) is 13.1. The maximum absolute atomic E-state index is 6.09. The molecule has 4 nitrogen and oxygen atoms in total. The van der Waals surface area contributed by atoms with Crippen LogP contribution in [0.25, 0.3) is 11.5 Å². The number of aromatic nitrogens is 3. The molecule has 6 heteroatoms. The predicted octanol–water partition coefficient (Wildman–Crippen LogP) is 2.87. The van der Waals surface area contributed by atoms with Crippen molar-refractivity contribution in [1.82, 2.24) is 20.3 Å². The lowest BCUT2D eigenvalue weighted by Gasteiger charge is -2.07. The van der Waals surface area contributed by atoms with Gasteiger partial charge < -0.3 is 5.32 Å². The maximum Gasteiger partial charge on any atom is 0.179 e. The highest BCUT2D eigenvalue weighted by Gasteiger charge is 2.11. The van der Waals surface area contributed by atoms with Crippen LogP contribution in [0.4, 0.5) is 0 Å². The van der Waals surface area contributed by atoms with Gasteiger partial charge in [0.2, 0.25) is 0 Å². The van der Waals surface area contributed by atoms with Crippen LogP contribution >= 0.6 is 23.2 Å². The standard InChI is InChI=1S/C12H12Cl2N4/c1-7-4-17-12(18-10(7)6-15-2)11-9(14)3-8(13)5-16-11/h3-5,15H,6H2,1-2H3. The first-order valence-corrected chi connectivity index (χ1v) is 6.16. The van der Waals surface area contributed by atoms with E-state index < -0.39 is 0 Å². The van der Waals surface area contributed by atoms with Crippen molar-refractivity contribution >= 4 is 23.2 Å². The number of aryl methyl sites for hydroxylation is 1. The monoisotopic (exact) mass is 282 g/mol. The molecule has 2 aromatic heterocycles. The number of pyridine rings is 1. The molecule has 0 saturated heterocycles. The lowest BCUT2D eigenvalue weighted by molar-refractivity contribution is 0.779. The molecule has 0 aliphatic carbocycles. The molecule has 18 heavy (non-hydrogen) atoms. The third-order valence-electron chi connectivity index (χ3n) is 2.44. The van der Waals surface area contributed by atoms with Crippen molar-refractivity contribution in [2.75, 3.05) is 7.05 Å². The molecule has 0 aliphatic rings. The fourth-order valence-electron chi connectivity index (χ4n) is 1.52. The van der Waals surface area contributed by atoms with E-state index in [9.17, 15) is 0 Å². The Morgan fingerprint density at radius 3 is 2.67 bits per heavy atom. The minimum atomic E-state index is 0.446. The summed E-state index contributed by atoms with van der Waals surface area (Å²) in [5.41, 5.74) is 2.49. The van der Waals surface area contributed by atoms with E-state index in [2.05, 4.69) is 20.3 Å². The fourth-order valence-corrected chi connectivity index (χ4v) is 1.98. The molecular formula is C12H12Cl2N4. The third-order valence-corrected chi connectivity index (χ3v) is 2.94. The summed E-state index contributed by atoms with van der Waals surface area (Å²) < 4.78 is 0. The first kappa shape index (κ1) is 13.2. The van der Waals surface area contributed by atoms with Crippen molar-refractivity contribution < 1.29 is 0 Å². The second-order valence-electron chi connectivity index (χ2n) is 3.84. The molecule has 0 spiro atoms. The molecule has 2 aromatic rings. The Morgan fingerprint density at radius 2 is 2.00 bits per heavy atom. The average Bonchev–Trinajstić information content (AvgIpc) is 2.33. The van der Waals surface area contributed by atoms with Gasteiger partial charge in [0.05, 0.1) is 15.7 Å². The van der Waals surface area contributed by atoms with Crippen LogP contribution in [0.5, 0.6) is 0 Å². The van der Waals surface area contributed by atoms with Crippen LogP contribution in [0.1, 0.15) is 11.3 Å². The molecule has 2 rings (SSSR count). The summed E-state index contributed by atoms with van der Waals surface area (Å²) in [7, 11) is 1.87. The average molecular weight is 283 g/mol. The predicted molar refractivity (Wildman–Crippen MR) is 72.8 cm³/mol. The normalized spacial score (nSPS) is 10.7. The number of hydrogen-bond donors (Lipinski definition) is 1. The first-order valence-electron chi connectivity index (χ1n) is 5.40. The van der Waals surface area contributed by atoms with Crippen LogP contribution in [0.3, 0.4) is 0 Å². The van der Waals surface area contributed by atoms with E-state index in [1.54, 1.807) is 12.3 Å². The molecule has 0 unspecified atom stereocenters. The fraction of sp³-hybridized carbons (Fsp3) is 0.250. The van der Waals surface area contributed by atoms with Crippen molar-refractivity contribution in [2.45, 2.75) is 13.5 Å². The quantitative estimate of drug-likeness (QED) is 0.941. The molecule has 0 saturated carbocycles. The van der Waals surface area contributed by atoms with Gasteiger partial charge in [-0.1, -0.05) is 23.2 Å². The Kier molecular flexibility index (Phi) is 4.11. The van der Waals surface area contributed by atoms with Gasteiger partial charge in [-0.15, -0.1) is 0 Å². The summed E-state index contributed by atoms with van der Waals surface area (Å²) in [4.78, 5) is 12.9. The molecule has 2 heterocycles. The van der Waals surface area contributed by atoms with E-state index in [0.29, 0.717) is 28.1 Å². The van der Waals surface area contributed by atoms with Crippen molar-refractivity contribution in [3.05, 3.63) is 39.8 Å². The lowest BCUT2D eigenvalue weighted by Crippen LogP contribution is -2.10. The lowest BCUT2D eigenvalue weighted by atomic mass is 10.2. The van der Waals surface area contributed by atoms with E-state index in [1.807, 2.05) is 14.0 Å². The van der Waals surface area contributed by atoms with Gasteiger partial charge in [0, 0.05) is 18.9 Å². The third kappa shape index (κ3) is 2.77. The molecule has 94 valence electrons. The number of rotatable bonds is 3. The molecule has 0 radical (unpaired) electrons. The smallest absolute Gasteiger partial charge is 0.179 e. The van der Waals surface area contributed by atoms with E-state index in [-0.39, 0.29) is 0 Å². The van der Waals surface area contributed by atoms with Gasteiger partial charge in [0.15, 0.2) is 5.82 Å². The highest BCUT2D eigenvalue weighted by molar-refractivity contribution is 6.35. The summed E-state index contributed by atoms with van der Waals surface area (Å²) in [6.07, 6.45) is 3.30. The van der Waals surface area contributed by atoms with E-state index in [1.165, 1.54) is 6.20 Å². The number of nitrogens with zero attached hydrogens (tertiary/aromatic N) is 3. The van der Waals surface area contributed by atoms with Gasteiger partial charge in [-0.2, -0.15) is 0 Å². The molecule has 0 aromatic carbocycles. The highest BCUT2D eigenvalue weighted by atomic mass is 35.5. The largest absolute Gasteiger partial charge is 0.314 e. The van der Waals surface area contributed by atoms with Gasteiger partial charge in [-0.05, 0) is 25.6 Å². The minimum Gasteiger partial charge on any atom is -0.314 e. The highest BCUT2D eigenvalue weighted by Crippen LogP contribution is 2.25. The minimum absolute atomic E-state index is 0.446. The zero-order valence-electron chi connectivity index (χ0n) is 10.0. The van der Waals surface area contributed by atoms with E-state index in [0.717, 1.165) is 11.3 Å². The Morgan fingerprint density at radius 1 is 1.22 bits per heavy atom. The summed E-state index contributed by atoms with van der Waals surface area (Å²) in [6.45, 7) is 2.64. The Balaban J connectivity index is 2.47. The molecular weight excluding hydrogens is 271 g/mol. The number of hydrogen-bond acceptors (Lipinski definition) is 4. The summed E-state index contributed by atoms with van der Waals surface area (Å²) >= 11 is 11.9. The van der Waals surface area contributed by atoms with Gasteiger partial charge in [-0.25, -0.2) is 15.0 Å². The Bertz CT molecular complexity index is 572. The zero-order valence-corrected chi connectivity index (χ0v) is 11.5. The molecule has 0 bridgehead atoms. The maximum atomic E-state index is 6.09. The Labute approximate surface area is 115 Å². The molecule has 1 N–H and O–H groups in total. The second kappa shape index (κ2) is 5.61. The van der Waals surface area contributed by atoms with Gasteiger partial charge in [0.25, 0.3) is 0 Å². The number of halogens is 2. The van der Waals surface area contributed by atoms with Crippen molar-refractivity contribution in [3.63, 3.8) is 0 Å². The van der Waals surface area contributed by atoms with E-state index in [4.69, 9.17) is 23.2 Å². The van der Waals surface area contributed by atoms with Crippen LogP contribution < -0.4 is 5.32 Å². The molecule has 0 fully saturated rings. The van der Waals surface area contributed by atoms with Gasteiger partial charge >= 0.3 is 0 Å². The number of nitrogens with one attached hydrogen (secondary N) is 1. The SMILES string of the molecule is CNCc1nc(-c2ncc(Cl)cc2Cl)ncc1C. The van der Waals surface area contributed by atoms with Crippen LogP contribution in [0.2, 0.25) is 10.0 Å². The summed E-state index contributed by atoms with van der Waals surface area (Å²) in [6, 6.07) is 1.63. The second-order valence-corrected chi connectivity index (χ2v) is 4.68.